The van der Waals surface area contributed by atoms with Gasteiger partial charge in [0.05, 0.1) is 6.54 Å². The van der Waals surface area contributed by atoms with Crippen molar-refractivity contribution in [3.8, 4) is 0 Å². The third-order valence-electron chi connectivity index (χ3n) is 6.94. The maximum Gasteiger partial charge on any atom is 0.237 e. The maximum atomic E-state index is 12.8. The summed E-state index contributed by atoms with van der Waals surface area (Å²) in [6, 6.07) is 1.37. The molecule has 2 saturated heterocycles. The number of piperazine rings is 1. The first-order chi connectivity index (χ1) is 13.2. The Hall–Kier alpha value is -1.40. The van der Waals surface area contributed by atoms with Crippen LogP contribution in [-0.4, -0.2) is 84.2 Å². The summed E-state index contributed by atoms with van der Waals surface area (Å²) in [5.74, 6) is 0.228. The second kappa shape index (κ2) is 8.74. The Bertz CT molecular complexity index is 571. The molecule has 4 rings (SSSR count). The summed E-state index contributed by atoms with van der Waals surface area (Å²) in [6.45, 7) is 6.07. The lowest BCUT2D eigenvalue weighted by Gasteiger charge is -2.43. The predicted molar refractivity (Wildman–Crippen MR) is 108 cm³/mol. The number of rotatable bonds is 5. The second-order valence-electron chi connectivity index (χ2n) is 8.76. The van der Waals surface area contributed by atoms with Crippen LogP contribution in [0.1, 0.15) is 51.4 Å². The van der Waals surface area contributed by atoms with E-state index in [1.807, 2.05) is 11.1 Å². The van der Waals surface area contributed by atoms with E-state index in [9.17, 15) is 4.79 Å². The van der Waals surface area contributed by atoms with E-state index in [1.54, 1.807) is 0 Å². The average Bonchev–Trinajstić information content (AvgIpc) is 3.14. The summed E-state index contributed by atoms with van der Waals surface area (Å²) < 4.78 is 0. The molecule has 4 aliphatic rings. The number of nitrogens with one attached hydrogen (secondary N) is 2. The normalized spacial score (nSPS) is 27.9. The zero-order valence-electron chi connectivity index (χ0n) is 16.6. The van der Waals surface area contributed by atoms with Crippen LogP contribution in [0.15, 0.2) is 11.8 Å². The van der Waals surface area contributed by atoms with E-state index >= 15 is 0 Å². The highest BCUT2D eigenvalue weighted by Gasteiger charge is 2.30. The third-order valence-corrected chi connectivity index (χ3v) is 6.94. The van der Waals surface area contributed by atoms with Gasteiger partial charge >= 0.3 is 0 Å². The standard InChI is InChI=1S/C21H35N5O/c22-20-8-9-26(15-17(20)14-23-18-4-1-2-5-18)21(27)16-24-10-12-25(13-11-24)19-6-3-7-19/h14,18-19,22-23H,1-13,15-16H2/b17-14-,22-20?. The van der Waals surface area contributed by atoms with Crippen LogP contribution in [0.3, 0.4) is 0 Å². The van der Waals surface area contributed by atoms with Gasteiger partial charge in [0.2, 0.25) is 5.91 Å². The fourth-order valence-electron chi connectivity index (χ4n) is 4.77. The highest BCUT2D eigenvalue weighted by molar-refractivity contribution is 6.00. The lowest BCUT2D eigenvalue weighted by Crippen LogP contribution is -2.54. The SMILES string of the molecule is N=C1CCN(C(=O)CN2CCN(C3CCC3)CC2)C/C1=C/NC1CCCC1. The van der Waals surface area contributed by atoms with Gasteiger partial charge in [-0.2, -0.15) is 0 Å². The van der Waals surface area contributed by atoms with Crippen molar-refractivity contribution >= 4 is 11.6 Å². The van der Waals surface area contributed by atoms with Crippen molar-refractivity contribution in [3.05, 3.63) is 11.8 Å². The first kappa shape index (κ1) is 18.9. The Kier molecular flexibility index (Phi) is 6.13. The Morgan fingerprint density at radius 2 is 1.78 bits per heavy atom. The van der Waals surface area contributed by atoms with Crippen molar-refractivity contribution in [2.75, 3.05) is 45.8 Å². The van der Waals surface area contributed by atoms with E-state index in [-0.39, 0.29) is 5.91 Å². The molecule has 1 amide bonds. The fraction of sp³-hybridized carbons (Fsp3) is 0.810. The zero-order valence-corrected chi connectivity index (χ0v) is 16.6. The fourth-order valence-corrected chi connectivity index (χ4v) is 4.77. The van der Waals surface area contributed by atoms with Gasteiger partial charge in [-0.05, 0) is 25.7 Å². The van der Waals surface area contributed by atoms with Crippen molar-refractivity contribution < 1.29 is 4.79 Å². The molecule has 0 unspecified atom stereocenters. The van der Waals surface area contributed by atoms with E-state index in [4.69, 9.17) is 5.41 Å². The first-order valence-electron chi connectivity index (χ1n) is 11.0. The van der Waals surface area contributed by atoms with Crippen LogP contribution in [0.5, 0.6) is 0 Å². The number of carbonyl (C=O) groups is 1. The predicted octanol–water partition coefficient (Wildman–Crippen LogP) is 1.82. The molecule has 27 heavy (non-hydrogen) atoms. The average molecular weight is 374 g/mol. The monoisotopic (exact) mass is 373 g/mol. The zero-order chi connectivity index (χ0) is 18.6. The minimum Gasteiger partial charge on any atom is -0.388 e. The summed E-state index contributed by atoms with van der Waals surface area (Å²) in [7, 11) is 0. The molecule has 4 fully saturated rings. The Balaban J connectivity index is 1.24. The van der Waals surface area contributed by atoms with E-state index in [0.29, 0.717) is 37.8 Å². The van der Waals surface area contributed by atoms with Gasteiger partial charge < -0.3 is 15.6 Å². The molecule has 0 spiro atoms. The van der Waals surface area contributed by atoms with Gasteiger partial charge in [-0.15, -0.1) is 0 Å². The number of likely N-dealkylation sites (tertiary alicyclic amines) is 1. The topological polar surface area (TPSA) is 62.7 Å². The molecule has 0 radical (unpaired) electrons. The number of piperidine rings is 1. The van der Waals surface area contributed by atoms with Gasteiger partial charge in [-0.3, -0.25) is 14.6 Å². The summed E-state index contributed by atoms with van der Waals surface area (Å²) >= 11 is 0. The lowest BCUT2D eigenvalue weighted by molar-refractivity contribution is -0.132. The molecule has 0 aromatic carbocycles. The molecule has 0 aromatic heterocycles. The number of hydrogen-bond donors (Lipinski definition) is 2. The molecule has 2 N–H and O–H groups in total. The molecule has 6 nitrogen and oxygen atoms in total. The highest BCUT2D eigenvalue weighted by Crippen LogP contribution is 2.25. The molecule has 2 saturated carbocycles. The van der Waals surface area contributed by atoms with E-state index in [2.05, 4.69) is 15.1 Å². The van der Waals surface area contributed by atoms with E-state index in [0.717, 1.165) is 37.8 Å². The molecule has 0 atom stereocenters. The molecule has 150 valence electrons. The molecule has 0 bridgehead atoms. The Morgan fingerprint density at radius 1 is 1.04 bits per heavy atom. The van der Waals surface area contributed by atoms with Gasteiger partial charge in [0.25, 0.3) is 0 Å². The molecular formula is C21H35N5O. The Morgan fingerprint density at radius 3 is 2.44 bits per heavy atom. The van der Waals surface area contributed by atoms with Crippen LogP contribution >= 0.6 is 0 Å². The molecule has 2 aliphatic carbocycles. The molecule has 2 heterocycles. The van der Waals surface area contributed by atoms with Gasteiger partial charge in [-0.1, -0.05) is 19.3 Å². The van der Waals surface area contributed by atoms with Gasteiger partial charge in [0.15, 0.2) is 0 Å². The van der Waals surface area contributed by atoms with Crippen LogP contribution in [0, 0.1) is 5.41 Å². The van der Waals surface area contributed by atoms with Crippen LogP contribution < -0.4 is 5.32 Å². The molecule has 2 aliphatic heterocycles. The van der Waals surface area contributed by atoms with Gasteiger partial charge in [-0.25, -0.2) is 0 Å². The molecule has 0 aromatic rings. The van der Waals surface area contributed by atoms with Crippen LogP contribution in [0.25, 0.3) is 0 Å². The van der Waals surface area contributed by atoms with Crippen molar-refractivity contribution in [2.45, 2.75) is 63.5 Å². The summed E-state index contributed by atoms with van der Waals surface area (Å²) in [5, 5.41) is 11.7. The number of amides is 1. The van der Waals surface area contributed by atoms with Crippen molar-refractivity contribution in [1.29, 1.82) is 5.41 Å². The summed E-state index contributed by atoms with van der Waals surface area (Å²) in [4.78, 5) is 19.7. The van der Waals surface area contributed by atoms with E-state index < -0.39 is 0 Å². The van der Waals surface area contributed by atoms with Gasteiger partial charge in [0.1, 0.15) is 0 Å². The quantitative estimate of drug-likeness (QED) is 0.772. The van der Waals surface area contributed by atoms with Crippen LogP contribution in [0.2, 0.25) is 0 Å². The summed E-state index contributed by atoms with van der Waals surface area (Å²) in [5.41, 5.74) is 1.69. The van der Waals surface area contributed by atoms with Crippen LogP contribution in [0.4, 0.5) is 0 Å². The maximum absolute atomic E-state index is 12.8. The summed E-state index contributed by atoms with van der Waals surface area (Å²) in [6.07, 6.45) is 11.9. The van der Waals surface area contributed by atoms with Crippen molar-refractivity contribution in [1.82, 2.24) is 20.0 Å². The smallest absolute Gasteiger partial charge is 0.237 e. The Labute approximate surface area is 163 Å². The number of carbonyl (C=O) groups excluding carboxylic acids is 1. The minimum atomic E-state index is 0.228. The highest BCUT2D eigenvalue weighted by atomic mass is 16.2. The van der Waals surface area contributed by atoms with Gasteiger partial charge in [0, 0.05) is 75.3 Å². The van der Waals surface area contributed by atoms with Crippen molar-refractivity contribution in [3.63, 3.8) is 0 Å². The number of hydrogen-bond acceptors (Lipinski definition) is 5. The third kappa shape index (κ3) is 4.72. The van der Waals surface area contributed by atoms with E-state index in [1.165, 1.54) is 44.9 Å². The minimum absolute atomic E-state index is 0.228. The molecular weight excluding hydrogens is 338 g/mol. The van der Waals surface area contributed by atoms with Crippen LogP contribution in [-0.2, 0) is 4.79 Å². The van der Waals surface area contributed by atoms with Crippen molar-refractivity contribution in [2.24, 2.45) is 0 Å². The number of nitrogens with zero attached hydrogens (tertiary/aromatic N) is 3. The molecule has 6 heteroatoms. The lowest BCUT2D eigenvalue weighted by atomic mass is 9.91. The first-order valence-corrected chi connectivity index (χ1v) is 11.0. The largest absolute Gasteiger partial charge is 0.388 e. The second-order valence-corrected chi connectivity index (χ2v) is 8.76.